The average molecular weight is 188 g/mol. The zero-order valence-corrected chi connectivity index (χ0v) is 8.34. The number of unbranched alkanes of at least 4 members (excludes halogenated alkanes) is 2. The minimum atomic E-state index is 0.106. The van der Waals surface area contributed by atoms with Crippen molar-refractivity contribution in [1.82, 2.24) is 5.32 Å². The van der Waals surface area contributed by atoms with Gasteiger partial charge in [-0.2, -0.15) is 0 Å². The highest BCUT2D eigenvalue weighted by atomic mass is 16.5. The van der Waals surface area contributed by atoms with Crippen LogP contribution in [-0.2, 0) is 9.53 Å². The fourth-order valence-corrected chi connectivity index (χ4v) is 0.988. The predicted octanol–water partition coefficient (Wildman–Crippen LogP) is 0.268. The zero-order valence-electron chi connectivity index (χ0n) is 8.34. The minimum absolute atomic E-state index is 0.106. The molecule has 3 N–H and O–H groups in total. The highest BCUT2D eigenvalue weighted by Crippen LogP contribution is 1.97. The molecule has 0 saturated heterocycles. The second-order valence-corrected chi connectivity index (χ2v) is 2.94. The second-order valence-electron chi connectivity index (χ2n) is 2.94. The van der Waals surface area contributed by atoms with E-state index in [0.717, 1.165) is 19.3 Å². The van der Waals surface area contributed by atoms with Crippen molar-refractivity contribution in [2.45, 2.75) is 25.7 Å². The Bertz CT molecular complexity index is 129. The fraction of sp³-hybridized carbons (Fsp3) is 0.889. The van der Waals surface area contributed by atoms with Gasteiger partial charge in [-0.1, -0.05) is 6.42 Å². The van der Waals surface area contributed by atoms with Gasteiger partial charge in [0.2, 0.25) is 5.91 Å². The number of ether oxygens (including phenoxy) is 1. The molecule has 0 aromatic carbocycles. The first kappa shape index (κ1) is 12.4. The van der Waals surface area contributed by atoms with Crippen molar-refractivity contribution in [1.29, 1.82) is 0 Å². The number of rotatable bonds is 8. The molecule has 0 aliphatic carbocycles. The van der Waals surface area contributed by atoms with Crippen LogP contribution >= 0.6 is 0 Å². The standard InChI is InChI=1S/C9H20N2O2/c1-13-8-7-11-9(12)5-3-2-4-6-10/h2-8,10H2,1H3,(H,11,12). The number of carbonyl (C=O) groups is 1. The van der Waals surface area contributed by atoms with E-state index in [2.05, 4.69) is 5.32 Å². The van der Waals surface area contributed by atoms with E-state index in [-0.39, 0.29) is 5.91 Å². The van der Waals surface area contributed by atoms with Gasteiger partial charge in [0.15, 0.2) is 0 Å². The van der Waals surface area contributed by atoms with Gasteiger partial charge in [-0.25, -0.2) is 0 Å². The molecule has 0 atom stereocenters. The summed E-state index contributed by atoms with van der Waals surface area (Å²) in [6.07, 6.45) is 3.57. The summed E-state index contributed by atoms with van der Waals surface area (Å²) in [6.45, 7) is 1.89. The van der Waals surface area contributed by atoms with E-state index in [0.29, 0.717) is 26.1 Å². The van der Waals surface area contributed by atoms with E-state index in [9.17, 15) is 4.79 Å². The maximum Gasteiger partial charge on any atom is 0.220 e. The molecule has 13 heavy (non-hydrogen) atoms. The minimum Gasteiger partial charge on any atom is -0.383 e. The maximum absolute atomic E-state index is 11.1. The molecule has 0 bridgehead atoms. The quantitative estimate of drug-likeness (QED) is 0.537. The smallest absolute Gasteiger partial charge is 0.220 e. The van der Waals surface area contributed by atoms with E-state index < -0.39 is 0 Å². The Morgan fingerprint density at radius 1 is 1.38 bits per heavy atom. The Kier molecular flexibility index (Phi) is 9.03. The Hall–Kier alpha value is -0.610. The maximum atomic E-state index is 11.1. The van der Waals surface area contributed by atoms with Gasteiger partial charge in [0.05, 0.1) is 6.61 Å². The molecule has 0 unspecified atom stereocenters. The molecule has 0 fully saturated rings. The topological polar surface area (TPSA) is 64.3 Å². The predicted molar refractivity (Wildman–Crippen MR) is 52.4 cm³/mol. The number of carbonyl (C=O) groups excluding carboxylic acids is 1. The first-order valence-corrected chi connectivity index (χ1v) is 4.77. The average Bonchev–Trinajstić information content (AvgIpc) is 2.13. The summed E-state index contributed by atoms with van der Waals surface area (Å²) in [7, 11) is 1.62. The Morgan fingerprint density at radius 3 is 2.77 bits per heavy atom. The molecule has 0 aliphatic heterocycles. The van der Waals surface area contributed by atoms with E-state index in [4.69, 9.17) is 10.5 Å². The summed E-state index contributed by atoms with van der Waals surface area (Å²) in [6, 6.07) is 0. The second kappa shape index (κ2) is 9.48. The molecule has 0 heterocycles. The molecule has 1 amide bonds. The molecular formula is C9H20N2O2. The van der Waals surface area contributed by atoms with Gasteiger partial charge >= 0.3 is 0 Å². The van der Waals surface area contributed by atoms with Crippen molar-refractivity contribution in [3.63, 3.8) is 0 Å². The highest BCUT2D eigenvalue weighted by molar-refractivity contribution is 5.75. The number of amides is 1. The third-order valence-electron chi connectivity index (χ3n) is 1.74. The van der Waals surface area contributed by atoms with Crippen LogP contribution in [0.5, 0.6) is 0 Å². The van der Waals surface area contributed by atoms with Gasteiger partial charge in [0, 0.05) is 20.1 Å². The van der Waals surface area contributed by atoms with Crippen LogP contribution in [0.2, 0.25) is 0 Å². The van der Waals surface area contributed by atoms with Crippen molar-refractivity contribution in [3.8, 4) is 0 Å². The molecule has 0 spiro atoms. The summed E-state index contributed by atoms with van der Waals surface area (Å²) in [4.78, 5) is 11.1. The molecule has 0 aliphatic rings. The van der Waals surface area contributed by atoms with Crippen LogP contribution in [0.4, 0.5) is 0 Å². The molecule has 0 radical (unpaired) electrons. The van der Waals surface area contributed by atoms with E-state index >= 15 is 0 Å². The largest absolute Gasteiger partial charge is 0.383 e. The van der Waals surface area contributed by atoms with Crippen LogP contribution in [0.15, 0.2) is 0 Å². The van der Waals surface area contributed by atoms with Crippen LogP contribution in [-0.4, -0.2) is 32.7 Å². The third-order valence-corrected chi connectivity index (χ3v) is 1.74. The van der Waals surface area contributed by atoms with E-state index in [1.165, 1.54) is 0 Å². The van der Waals surface area contributed by atoms with Gasteiger partial charge in [-0.3, -0.25) is 4.79 Å². The molecule has 0 aromatic rings. The van der Waals surface area contributed by atoms with Gasteiger partial charge in [-0.15, -0.1) is 0 Å². The van der Waals surface area contributed by atoms with Gasteiger partial charge in [0.1, 0.15) is 0 Å². The number of hydrogen-bond donors (Lipinski definition) is 2. The first-order chi connectivity index (χ1) is 6.31. The Labute approximate surface area is 79.8 Å². The number of methoxy groups -OCH3 is 1. The molecule has 4 heteroatoms. The SMILES string of the molecule is COCCNC(=O)CCCCCN. The molecule has 78 valence electrons. The zero-order chi connectivity index (χ0) is 9.94. The lowest BCUT2D eigenvalue weighted by Gasteiger charge is -2.03. The number of nitrogens with one attached hydrogen (secondary N) is 1. The van der Waals surface area contributed by atoms with Crippen LogP contribution in [0.25, 0.3) is 0 Å². The number of nitrogens with two attached hydrogens (primary N) is 1. The van der Waals surface area contributed by atoms with Crippen molar-refractivity contribution < 1.29 is 9.53 Å². The van der Waals surface area contributed by atoms with Crippen molar-refractivity contribution in [2.75, 3.05) is 26.8 Å². The van der Waals surface area contributed by atoms with Gasteiger partial charge in [-0.05, 0) is 19.4 Å². The molecule has 0 saturated carbocycles. The Morgan fingerprint density at radius 2 is 2.15 bits per heavy atom. The summed E-state index contributed by atoms with van der Waals surface area (Å²) in [5, 5.41) is 2.77. The summed E-state index contributed by atoms with van der Waals surface area (Å²) in [5.41, 5.74) is 5.33. The van der Waals surface area contributed by atoms with Gasteiger partial charge in [0.25, 0.3) is 0 Å². The molecule has 0 aromatic heterocycles. The summed E-state index contributed by atoms with van der Waals surface area (Å²) in [5.74, 6) is 0.106. The van der Waals surface area contributed by atoms with E-state index in [1.54, 1.807) is 7.11 Å². The Balaban J connectivity index is 3.11. The van der Waals surface area contributed by atoms with Crippen molar-refractivity contribution >= 4 is 5.91 Å². The van der Waals surface area contributed by atoms with Crippen LogP contribution in [0.1, 0.15) is 25.7 Å². The van der Waals surface area contributed by atoms with E-state index in [1.807, 2.05) is 0 Å². The van der Waals surface area contributed by atoms with Crippen molar-refractivity contribution in [2.24, 2.45) is 5.73 Å². The van der Waals surface area contributed by atoms with Crippen LogP contribution in [0.3, 0.4) is 0 Å². The first-order valence-electron chi connectivity index (χ1n) is 4.77. The third kappa shape index (κ3) is 9.30. The van der Waals surface area contributed by atoms with Crippen molar-refractivity contribution in [3.05, 3.63) is 0 Å². The lowest BCUT2D eigenvalue weighted by Crippen LogP contribution is -2.26. The monoisotopic (exact) mass is 188 g/mol. The fourth-order valence-electron chi connectivity index (χ4n) is 0.988. The molecular weight excluding hydrogens is 168 g/mol. The summed E-state index contributed by atoms with van der Waals surface area (Å²) >= 11 is 0. The molecule has 4 nitrogen and oxygen atoms in total. The normalized spacial score (nSPS) is 10.0. The van der Waals surface area contributed by atoms with Gasteiger partial charge < -0.3 is 15.8 Å². The molecule has 0 rings (SSSR count). The lowest BCUT2D eigenvalue weighted by atomic mass is 10.2. The lowest BCUT2D eigenvalue weighted by molar-refractivity contribution is -0.121. The number of hydrogen-bond acceptors (Lipinski definition) is 3. The highest BCUT2D eigenvalue weighted by Gasteiger charge is 1.98. The van der Waals surface area contributed by atoms with Crippen LogP contribution < -0.4 is 11.1 Å². The van der Waals surface area contributed by atoms with Crippen LogP contribution in [0, 0.1) is 0 Å². The summed E-state index contributed by atoms with van der Waals surface area (Å²) < 4.78 is 4.80.